The minimum atomic E-state index is 0.752. The van der Waals surface area contributed by atoms with Crippen molar-refractivity contribution in [3.8, 4) is 11.5 Å². The molecule has 0 radical (unpaired) electrons. The van der Waals surface area contributed by atoms with Crippen LogP contribution in [0.1, 0.15) is 12.5 Å². The molecule has 5 heteroatoms. The summed E-state index contributed by atoms with van der Waals surface area (Å²) in [6.07, 6.45) is 1.78. The molecule has 21 heavy (non-hydrogen) atoms. The SMILES string of the molecule is CCSc1nnc(-c2ccccn2)n1Cc1ccccc1. The molecule has 0 amide bonds. The van der Waals surface area contributed by atoms with Gasteiger partial charge in [-0.25, -0.2) is 0 Å². The van der Waals surface area contributed by atoms with Crippen molar-refractivity contribution in [2.24, 2.45) is 0 Å². The fourth-order valence-corrected chi connectivity index (χ4v) is 2.78. The van der Waals surface area contributed by atoms with Crippen LogP contribution < -0.4 is 0 Å². The van der Waals surface area contributed by atoms with Crippen LogP contribution in [0.2, 0.25) is 0 Å². The quantitative estimate of drug-likeness (QED) is 0.676. The molecule has 3 rings (SSSR count). The van der Waals surface area contributed by atoms with E-state index in [-0.39, 0.29) is 0 Å². The second-order valence-electron chi connectivity index (χ2n) is 4.53. The molecule has 0 unspecified atom stereocenters. The lowest BCUT2D eigenvalue weighted by Crippen LogP contribution is -2.04. The third kappa shape index (κ3) is 3.13. The molecule has 0 saturated heterocycles. The van der Waals surface area contributed by atoms with E-state index in [9.17, 15) is 0 Å². The van der Waals surface area contributed by atoms with E-state index in [1.54, 1.807) is 18.0 Å². The first kappa shape index (κ1) is 13.8. The molecule has 0 saturated carbocycles. The molecule has 3 aromatic rings. The van der Waals surface area contributed by atoms with E-state index in [4.69, 9.17) is 0 Å². The summed E-state index contributed by atoms with van der Waals surface area (Å²) < 4.78 is 2.13. The van der Waals surface area contributed by atoms with Crippen molar-refractivity contribution in [2.45, 2.75) is 18.6 Å². The smallest absolute Gasteiger partial charge is 0.191 e. The molecule has 106 valence electrons. The van der Waals surface area contributed by atoms with Gasteiger partial charge in [0.15, 0.2) is 11.0 Å². The highest BCUT2D eigenvalue weighted by Crippen LogP contribution is 2.23. The molecule has 0 fully saturated rings. The highest BCUT2D eigenvalue weighted by molar-refractivity contribution is 7.99. The number of hydrogen-bond acceptors (Lipinski definition) is 4. The summed E-state index contributed by atoms with van der Waals surface area (Å²) in [6, 6.07) is 16.2. The number of pyridine rings is 1. The Bertz CT molecular complexity index is 695. The number of benzene rings is 1. The standard InChI is InChI=1S/C16H16N4S/c1-2-21-16-19-18-15(14-10-6-7-11-17-14)20(16)12-13-8-4-3-5-9-13/h3-11H,2,12H2,1H3. The van der Waals surface area contributed by atoms with Gasteiger partial charge in [0.2, 0.25) is 0 Å². The third-order valence-corrected chi connectivity index (χ3v) is 3.92. The molecular weight excluding hydrogens is 280 g/mol. The van der Waals surface area contributed by atoms with Gasteiger partial charge in [-0.1, -0.05) is 55.1 Å². The van der Waals surface area contributed by atoms with Crippen molar-refractivity contribution >= 4 is 11.8 Å². The summed E-state index contributed by atoms with van der Waals surface area (Å²) in [5.41, 5.74) is 2.08. The van der Waals surface area contributed by atoms with Gasteiger partial charge in [0, 0.05) is 6.20 Å². The van der Waals surface area contributed by atoms with Crippen molar-refractivity contribution in [3.05, 3.63) is 60.3 Å². The second kappa shape index (κ2) is 6.54. The van der Waals surface area contributed by atoms with Crippen LogP contribution in [-0.4, -0.2) is 25.5 Å². The average Bonchev–Trinajstić information content (AvgIpc) is 2.92. The maximum atomic E-state index is 4.39. The Labute approximate surface area is 128 Å². The van der Waals surface area contributed by atoms with Crippen molar-refractivity contribution < 1.29 is 0 Å². The van der Waals surface area contributed by atoms with Gasteiger partial charge < -0.3 is 0 Å². The lowest BCUT2D eigenvalue weighted by Gasteiger charge is -2.09. The van der Waals surface area contributed by atoms with Crippen molar-refractivity contribution in [3.63, 3.8) is 0 Å². The van der Waals surface area contributed by atoms with Gasteiger partial charge in [-0.05, 0) is 23.4 Å². The van der Waals surface area contributed by atoms with Gasteiger partial charge in [0.1, 0.15) is 5.69 Å². The first-order valence-corrected chi connectivity index (χ1v) is 7.88. The molecule has 0 bridgehead atoms. The van der Waals surface area contributed by atoms with E-state index in [0.29, 0.717) is 0 Å². The van der Waals surface area contributed by atoms with Crippen molar-refractivity contribution in [1.29, 1.82) is 0 Å². The summed E-state index contributed by atoms with van der Waals surface area (Å²) in [6.45, 7) is 2.87. The van der Waals surface area contributed by atoms with E-state index in [1.165, 1.54) is 5.56 Å². The number of hydrogen-bond donors (Lipinski definition) is 0. The number of aromatic nitrogens is 4. The normalized spacial score (nSPS) is 10.7. The molecule has 0 aliphatic carbocycles. The van der Waals surface area contributed by atoms with E-state index < -0.39 is 0 Å². The van der Waals surface area contributed by atoms with Gasteiger partial charge in [-0.2, -0.15) is 0 Å². The fraction of sp³-hybridized carbons (Fsp3) is 0.188. The Balaban J connectivity index is 2.01. The van der Waals surface area contributed by atoms with Crippen LogP contribution in [0, 0.1) is 0 Å². The zero-order valence-electron chi connectivity index (χ0n) is 11.8. The zero-order valence-corrected chi connectivity index (χ0v) is 12.6. The van der Waals surface area contributed by atoms with Crippen molar-refractivity contribution in [1.82, 2.24) is 19.7 Å². The van der Waals surface area contributed by atoms with Crippen LogP contribution in [0.25, 0.3) is 11.5 Å². The minimum Gasteiger partial charge on any atom is -0.296 e. The lowest BCUT2D eigenvalue weighted by molar-refractivity contribution is 0.713. The summed E-state index contributed by atoms with van der Waals surface area (Å²) in [5.74, 6) is 1.78. The highest BCUT2D eigenvalue weighted by atomic mass is 32.2. The van der Waals surface area contributed by atoms with Gasteiger partial charge in [0.25, 0.3) is 0 Å². The van der Waals surface area contributed by atoms with E-state index in [1.807, 2.05) is 36.4 Å². The topological polar surface area (TPSA) is 43.6 Å². The molecule has 0 spiro atoms. The average molecular weight is 296 g/mol. The first-order chi connectivity index (χ1) is 10.4. The Morgan fingerprint density at radius 3 is 2.52 bits per heavy atom. The zero-order chi connectivity index (χ0) is 14.5. The summed E-state index contributed by atoms with van der Waals surface area (Å²) in [4.78, 5) is 4.39. The lowest BCUT2D eigenvalue weighted by atomic mass is 10.2. The molecule has 0 N–H and O–H groups in total. The Morgan fingerprint density at radius 1 is 1.00 bits per heavy atom. The van der Waals surface area contributed by atoms with Crippen molar-refractivity contribution in [2.75, 3.05) is 5.75 Å². The second-order valence-corrected chi connectivity index (χ2v) is 5.76. The first-order valence-electron chi connectivity index (χ1n) is 6.90. The molecule has 4 nitrogen and oxygen atoms in total. The van der Waals surface area contributed by atoms with E-state index in [0.717, 1.165) is 29.0 Å². The Morgan fingerprint density at radius 2 is 1.81 bits per heavy atom. The predicted octanol–water partition coefficient (Wildman–Crippen LogP) is 3.50. The number of thioether (sulfide) groups is 1. The predicted molar refractivity (Wildman–Crippen MR) is 85.2 cm³/mol. The highest BCUT2D eigenvalue weighted by Gasteiger charge is 2.14. The van der Waals surface area contributed by atoms with Crippen LogP contribution in [0.3, 0.4) is 0 Å². The van der Waals surface area contributed by atoms with Gasteiger partial charge in [-0.15, -0.1) is 10.2 Å². The molecule has 2 heterocycles. The van der Waals surface area contributed by atoms with Crippen LogP contribution in [0.15, 0.2) is 59.9 Å². The third-order valence-electron chi connectivity index (χ3n) is 3.07. The van der Waals surface area contributed by atoms with Gasteiger partial charge in [-0.3, -0.25) is 9.55 Å². The molecule has 0 aliphatic heterocycles. The van der Waals surface area contributed by atoms with Gasteiger partial charge >= 0.3 is 0 Å². The van der Waals surface area contributed by atoms with E-state index in [2.05, 4.69) is 38.8 Å². The molecule has 0 aliphatic rings. The van der Waals surface area contributed by atoms with Crippen LogP contribution in [0.4, 0.5) is 0 Å². The molecule has 2 aromatic heterocycles. The maximum Gasteiger partial charge on any atom is 0.191 e. The summed E-state index contributed by atoms with van der Waals surface area (Å²) in [7, 11) is 0. The monoisotopic (exact) mass is 296 g/mol. The Kier molecular flexibility index (Phi) is 4.31. The van der Waals surface area contributed by atoms with Crippen LogP contribution in [0.5, 0.6) is 0 Å². The summed E-state index contributed by atoms with van der Waals surface area (Å²) >= 11 is 1.70. The van der Waals surface area contributed by atoms with Crippen LogP contribution >= 0.6 is 11.8 Å². The number of nitrogens with zero attached hydrogens (tertiary/aromatic N) is 4. The largest absolute Gasteiger partial charge is 0.296 e. The molecular formula is C16H16N4S. The maximum absolute atomic E-state index is 4.39. The number of rotatable bonds is 5. The van der Waals surface area contributed by atoms with Crippen LogP contribution in [-0.2, 0) is 6.54 Å². The van der Waals surface area contributed by atoms with E-state index >= 15 is 0 Å². The minimum absolute atomic E-state index is 0.752. The molecule has 0 atom stereocenters. The fourth-order valence-electron chi connectivity index (χ4n) is 2.12. The molecule has 1 aromatic carbocycles. The van der Waals surface area contributed by atoms with Gasteiger partial charge in [0.05, 0.1) is 6.54 Å². The Hall–Kier alpha value is -2.14. The summed E-state index contributed by atoms with van der Waals surface area (Å²) in [5, 5.41) is 9.58.